The van der Waals surface area contributed by atoms with Crippen LogP contribution in [0.4, 0.5) is 10.5 Å². The van der Waals surface area contributed by atoms with Crippen LogP contribution in [0.5, 0.6) is 0 Å². The maximum Gasteiger partial charge on any atom is 0.408 e. The molecular formula is C33H47ClN4O5. The quantitative estimate of drug-likeness (QED) is 0.256. The van der Waals surface area contributed by atoms with E-state index in [0.29, 0.717) is 28.6 Å². The summed E-state index contributed by atoms with van der Waals surface area (Å²) in [5.74, 6) is -1.57. The van der Waals surface area contributed by atoms with Crippen LogP contribution in [0.25, 0.3) is 0 Å². The average molecular weight is 615 g/mol. The number of carbonyl (C=O) groups is 4. The number of alkyl carbamates (subject to hydrolysis) is 1. The molecule has 0 aliphatic rings. The number of aryl methyl sites for hydroxylation is 3. The van der Waals surface area contributed by atoms with Crippen molar-refractivity contribution < 1.29 is 23.9 Å². The van der Waals surface area contributed by atoms with Crippen LogP contribution in [0.3, 0.4) is 0 Å². The third-order valence-electron chi connectivity index (χ3n) is 7.00. The minimum atomic E-state index is -1.36. The van der Waals surface area contributed by atoms with Crippen molar-refractivity contribution in [3.05, 3.63) is 63.7 Å². The van der Waals surface area contributed by atoms with Gasteiger partial charge >= 0.3 is 6.09 Å². The predicted molar refractivity (Wildman–Crippen MR) is 171 cm³/mol. The molecule has 0 aliphatic carbocycles. The summed E-state index contributed by atoms with van der Waals surface area (Å²) in [5.41, 5.74) is 8.28. The van der Waals surface area contributed by atoms with Crippen LogP contribution < -0.4 is 16.4 Å². The zero-order chi connectivity index (χ0) is 32.6. The number of para-hydroxylation sites is 1. The van der Waals surface area contributed by atoms with E-state index in [4.69, 9.17) is 22.1 Å². The Bertz CT molecular complexity index is 1300. The van der Waals surface area contributed by atoms with Gasteiger partial charge in [0.1, 0.15) is 17.7 Å². The Kier molecular flexibility index (Phi) is 12.6. The number of nitrogens with zero attached hydrogens (tertiary/aromatic N) is 1. The first-order valence-electron chi connectivity index (χ1n) is 14.6. The minimum absolute atomic E-state index is 0.333. The number of benzene rings is 2. The number of primary amides is 1. The lowest BCUT2D eigenvalue weighted by Gasteiger charge is -2.39. The van der Waals surface area contributed by atoms with Crippen molar-refractivity contribution in [1.29, 1.82) is 0 Å². The number of ether oxygens (including phenoxy) is 1. The van der Waals surface area contributed by atoms with Gasteiger partial charge in [-0.2, -0.15) is 0 Å². The second-order valence-electron chi connectivity index (χ2n) is 12.6. The molecule has 4 N–H and O–H groups in total. The predicted octanol–water partition coefficient (Wildman–Crippen LogP) is 6.37. The number of rotatable bonds is 12. The highest BCUT2D eigenvalue weighted by Gasteiger charge is 2.40. The van der Waals surface area contributed by atoms with Crippen LogP contribution in [0, 0.1) is 26.7 Å². The van der Waals surface area contributed by atoms with Crippen molar-refractivity contribution in [3.63, 3.8) is 0 Å². The van der Waals surface area contributed by atoms with Crippen molar-refractivity contribution in [3.8, 4) is 0 Å². The molecular weight excluding hydrogens is 568 g/mol. The average Bonchev–Trinajstić information content (AvgIpc) is 2.86. The first-order chi connectivity index (χ1) is 19.9. The fourth-order valence-electron chi connectivity index (χ4n) is 4.88. The number of nitrogens with one attached hydrogen (secondary N) is 2. The number of halogens is 1. The topological polar surface area (TPSA) is 131 Å². The van der Waals surface area contributed by atoms with Crippen LogP contribution in [-0.4, -0.2) is 46.4 Å². The second kappa shape index (κ2) is 15.2. The van der Waals surface area contributed by atoms with E-state index in [0.717, 1.165) is 23.1 Å². The molecule has 3 atom stereocenters. The number of amides is 4. The van der Waals surface area contributed by atoms with E-state index in [1.807, 2.05) is 52.0 Å². The van der Waals surface area contributed by atoms with Crippen LogP contribution >= 0.6 is 11.6 Å². The standard InChI is InChI=1S/C33H47ClN4O5/c1-19(2)13-15-23(6)38(31(41)26(18-27(35)39)36-32(42)43-33(7,8)9)29(24-16-14-20(3)17-22(24)5)30(40)37-28-21(4)11-10-12-25(28)34/h10-12,14,16-17,19,23,26,29H,13,15,18H2,1-9H3,(H2,35,39)(H,36,42)(H,37,40). The lowest BCUT2D eigenvalue weighted by atomic mass is 9.93. The molecule has 2 rings (SSSR count). The van der Waals surface area contributed by atoms with E-state index in [-0.39, 0.29) is 0 Å². The molecule has 43 heavy (non-hydrogen) atoms. The van der Waals surface area contributed by atoms with E-state index in [1.165, 1.54) is 4.90 Å². The summed E-state index contributed by atoms with van der Waals surface area (Å²) >= 11 is 6.48. The molecule has 0 saturated heterocycles. The van der Waals surface area contributed by atoms with Crippen LogP contribution in [0.1, 0.15) is 89.1 Å². The third-order valence-corrected chi connectivity index (χ3v) is 7.32. The molecule has 0 spiro atoms. The fourth-order valence-corrected chi connectivity index (χ4v) is 5.14. The third kappa shape index (κ3) is 10.6. The highest BCUT2D eigenvalue weighted by molar-refractivity contribution is 6.34. The summed E-state index contributed by atoms with van der Waals surface area (Å²) in [5, 5.41) is 5.85. The smallest absolute Gasteiger partial charge is 0.408 e. The van der Waals surface area contributed by atoms with Crippen molar-refractivity contribution in [2.75, 3.05) is 5.32 Å². The van der Waals surface area contributed by atoms with Crippen molar-refractivity contribution in [2.45, 2.75) is 105 Å². The molecule has 0 radical (unpaired) electrons. The summed E-state index contributed by atoms with van der Waals surface area (Å²) in [6.45, 7) is 16.7. The molecule has 2 aromatic rings. The van der Waals surface area contributed by atoms with Crippen molar-refractivity contribution in [2.24, 2.45) is 11.7 Å². The SMILES string of the molecule is Cc1ccc(C(C(=O)Nc2c(C)cccc2Cl)N(C(=O)C(CC(N)=O)NC(=O)OC(C)(C)C)C(C)CCC(C)C)c(C)c1. The Morgan fingerprint density at radius 1 is 0.977 bits per heavy atom. The Labute approximate surface area is 260 Å². The number of carbonyl (C=O) groups excluding carboxylic acids is 4. The van der Waals surface area contributed by atoms with Gasteiger partial charge in [0.15, 0.2) is 0 Å². The van der Waals surface area contributed by atoms with Gasteiger partial charge < -0.3 is 26.0 Å². The summed E-state index contributed by atoms with van der Waals surface area (Å²) in [7, 11) is 0. The largest absolute Gasteiger partial charge is 0.444 e. The monoisotopic (exact) mass is 614 g/mol. The Balaban J connectivity index is 2.73. The Morgan fingerprint density at radius 3 is 2.16 bits per heavy atom. The number of nitrogens with two attached hydrogens (primary N) is 1. The molecule has 3 unspecified atom stereocenters. The lowest BCUT2D eigenvalue weighted by Crippen LogP contribution is -2.56. The summed E-state index contributed by atoms with van der Waals surface area (Å²) < 4.78 is 5.38. The molecule has 0 aliphatic heterocycles. The van der Waals surface area contributed by atoms with E-state index < -0.39 is 54.0 Å². The van der Waals surface area contributed by atoms with E-state index >= 15 is 0 Å². The highest BCUT2D eigenvalue weighted by Crippen LogP contribution is 2.33. The van der Waals surface area contributed by atoms with Gasteiger partial charge in [0.25, 0.3) is 5.91 Å². The van der Waals surface area contributed by atoms with Gasteiger partial charge in [-0.15, -0.1) is 0 Å². The molecule has 0 fully saturated rings. The Morgan fingerprint density at radius 2 is 1.63 bits per heavy atom. The van der Waals surface area contributed by atoms with E-state index in [9.17, 15) is 19.2 Å². The summed E-state index contributed by atoms with van der Waals surface area (Å²) in [6, 6.07) is 7.99. The number of hydrogen-bond acceptors (Lipinski definition) is 5. The number of hydrogen-bond donors (Lipinski definition) is 3. The minimum Gasteiger partial charge on any atom is -0.444 e. The van der Waals surface area contributed by atoms with Crippen LogP contribution in [0.15, 0.2) is 36.4 Å². The van der Waals surface area contributed by atoms with Crippen LogP contribution in [0.2, 0.25) is 5.02 Å². The fraction of sp³-hybridized carbons (Fsp3) is 0.515. The number of anilines is 1. The van der Waals surface area contributed by atoms with Gasteiger partial charge in [-0.25, -0.2) is 4.79 Å². The van der Waals surface area contributed by atoms with Gasteiger partial charge in [0.05, 0.1) is 17.1 Å². The van der Waals surface area contributed by atoms with E-state index in [1.54, 1.807) is 32.9 Å². The van der Waals surface area contributed by atoms with Crippen molar-refractivity contribution >= 4 is 41.1 Å². The van der Waals surface area contributed by atoms with Gasteiger partial charge in [-0.1, -0.05) is 61.3 Å². The summed E-state index contributed by atoms with van der Waals surface area (Å²) in [6.07, 6.45) is -0.00789. The molecule has 0 bridgehead atoms. The zero-order valence-corrected chi connectivity index (χ0v) is 27.6. The van der Waals surface area contributed by atoms with Gasteiger partial charge in [0, 0.05) is 6.04 Å². The molecule has 0 aromatic heterocycles. The van der Waals surface area contributed by atoms with Gasteiger partial charge in [0.2, 0.25) is 11.8 Å². The molecule has 0 saturated carbocycles. The van der Waals surface area contributed by atoms with Crippen molar-refractivity contribution in [1.82, 2.24) is 10.2 Å². The van der Waals surface area contributed by atoms with Gasteiger partial charge in [-0.3, -0.25) is 14.4 Å². The maximum absolute atomic E-state index is 14.5. The highest BCUT2D eigenvalue weighted by atomic mass is 35.5. The molecule has 2 aromatic carbocycles. The van der Waals surface area contributed by atoms with Crippen LogP contribution in [-0.2, 0) is 19.1 Å². The second-order valence-corrected chi connectivity index (χ2v) is 13.0. The first kappa shape index (κ1) is 35.6. The zero-order valence-electron chi connectivity index (χ0n) is 26.8. The van der Waals surface area contributed by atoms with Gasteiger partial charge in [-0.05, 0) is 90.0 Å². The lowest BCUT2D eigenvalue weighted by molar-refractivity contribution is -0.144. The molecule has 4 amide bonds. The van der Waals surface area contributed by atoms with E-state index in [2.05, 4.69) is 24.5 Å². The molecule has 0 heterocycles. The molecule has 236 valence electrons. The summed E-state index contributed by atoms with van der Waals surface area (Å²) in [4.78, 5) is 55.2. The molecule has 9 nitrogen and oxygen atoms in total. The molecule has 10 heteroatoms. The first-order valence-corrected chi connectivity index (χ1v) is 15.0. The maximum atomic E-state index is 14.5. The Hall–Kier alpha value is -3.59. The normalized spacial score (nSPS) is 13.6.